The van der Waals surface area contributed by atoms with Crippen LogP contribution in [0.2, 0.25) is 0 Å². The molecule has 0 saturated heterocycles. The van der Waals surface area contributed by atoms with Gasteiger partial charge in [0.1, 0.15) is 6.61 Å². The molecule has 1 N–H and O–H groups in total. The van der Waals surface area contributed by atoms with Gasteiger partial charge in [-0.1, -0.05) is 69.5 Å². The first-order valence-corrected chi connectivity index (χ1v) is 11.2. The second kappa shape index (κ2) is 11.1. The van der Waals surface area contributed by atoms with E-state index in [2.05, 4.69) is 18.8 Å². The van der Waals surface area contributed by atoms with Crippen molar-refractivity contribution in [3.8, 4) is 5.75 Å². The van der Waals surface area contributed by atoms with Gasteiger partial charge in [0.25, 0.3) is 5.91 Å². The maximum Gasteiger partial charge on any atom is 0.254 e. The number of carbonyl (C=O) groups excluding carboxylic acids is 1. The molecular weight excluding hydrogens is 396 g/mol. The minimum atomic E-state index is -1.19. The van der Waals surface area contributed by atoms with Crippen molar-refractivity contribution in [3.63, 3.8) is 0 Å². The SMILES string of the molecule is C=Cc1cc(C(=O)NCC2CCCCC2)c(F)c(F)c1OCc1ccc(CCC)cc1. The fourth-order valence-electron chi connectivity index (χ4n) is 4.06. The zero-order chi connectivity index (χ0) is 22.2. The van der Waals surface area contributed by atoms with Crippen molar-refractivity contribution in [1.82, 2.24) is 5.32 Å². The zero-order valence-electron chi connectivity index (χ0n) is 18.2. The summed E-state index contributed by atoms with van der Waals surface area (Å²) in [7, 11) is 0. The molecule has 1 fully saturated rings. The molecule has 3 rings (SSSR count). The fraction of sp³-hybridized carbons (Fsp3) is 0.423. The maximum atomic E-state index is 14.8. The van der Waals surface area contributed by atoms with Gasteiger partial charge in [0.05, 0.1) is 5.56 Å². The van der Waals surface area contributed by atoms with Crippen LogP contribution >= 0.6 is 0 Å². The molecule has 0 aromatic heterocycles. The summed E-state index contributed by atoms with van der Waals surface area (Å²) in [5, 5.41) is 2.76. The van der Waals surface area contributed by atoms with Gasteiger partial charge in [-0.2, -0.15) is 4.39 Å². The number of benzene rings is 2. The Morgan fingerprint density at radius 1 is 1.13 bits per heavy atom. The Labute approximate surface area is 183 Å². The van der Waals surface area contributed by atoms with E-state index in [1.54, 1.807) is 0 Å². The summed E-state index contributed by atoms with van der Waals surface area (Å²) in [6, 6.07) is 9.15. The summed E-state index contributed by atoms with van der Waals surface area (Å²) in [5.74, 6) is -2.80. The summed E-state index contributed by atoms with van der Waals surface area (Å²) in [4.78, 5) is 12.5. The molecule has 1 amide bonds. The van der Waals surface area contributed by atoms with Crippen molar-refractivity contribution >= 4 is 12.0 Å². The topological polar surface area (TPSA) is 38.3 Å². The molecule has 31 heavy (non-hydrogen) atoms. The average Bonchev–Trinajstić information content (AvgIpc) is 2.80. The van der Waals surface area contributed by atoms with Gasteiger partial charge >= 0.3 is 0 Å². The highest BCUT2D eigenvalue weighted by Gasteiger charge is 2.23. The molecule has 0 unspecified atom stereocenters. The molecule has 0 aliphatic heterocycles. The molecule has 0 radical (unpaired) electrons. The van der Waals surface area contributed by atoms with Crippen molar-refractivity contribution in [2.45, 2.75) is 58.5 Å². The van der Waals surface area contributed by atoms with E-state index in [1.165, 1.54) is 24.1 Å². The minimum Gasteiger partial charge on any atom is -0.485 e. The van der Waals surface area contributed by atoms with Crippen molar-refractivity contribution in [1.29, 1.82) is 0 Å². The van der Waals surface area contributed by atoms with Crippen LogP contribution in [0.3, 0.4) is 0 Å². The van der Waals surface area contributed by atoms with Crippen LogP contribution in [0.4, 0.5) is 8.78 Å². The Kier molecular flexibility index (Phi) is 8.21. The first-order chi connectivity index (χ1) is 15.0. The molecule has 0 bridgehead atoms. The molecule has 3 nitrogen and oxygen atoms in total. The van der Waals surface area contributed by atoms with Gasteiger partial charge in [-0.3, -0.25) is 4.79 Å². The smallest absolute Gasteiger partial charge is 0.254 e. The van der Waals surface area contributed by atoms with E-state index in [-0.39, 0.29) is 23.5 Å². The number of rotatable bonds is 9. The highest BCUT2D eigenvalue weighted by atomic mass is 19.2. The van der Waals surface area contributed by atoms with Crippen LogP contribution in [0.15, 0.2) is 36.9 Å². The van der Waals surface area contributed by atoms with Gasteiger partial charge in [-0.05, 0) is 42.4 Å². The fourth-order valence-corrected chi connectivity index (χ4v) is 4.06. The summed E-state index contributed by atoms with van der Waals surface area (Å²) in [5.41, 5.74) is 2.01. The van der Waals surface area contributed by atoms with Gasteiger partial charge in [0, 0.05) is 12.1 Å². The third kappa shape index (κ3) is 5.93. The highest BCUT2D eigenvalue weighted by Crippen LogP contribution is 2.30. The number of halogens is 2. The van der Waals surface area contributed by atoms with E-state index in [0.717, 1.165) is 44.1 Å². The van der Waals surface area contributed by atoms with E-state index in [4.69, 9.17) is 4.74 Å². The summed E-state index contributed by atoms with van der Waals surface area (Å²) in [6.07, 6.45) is 9.06. The number of amides is 1. The lowest BCUT2D eigenvalue weighted by molar-refractivity contribution is 0.0938. The van der Waals surface area contributed by atoms with Crippen LogP contribution in [0, 0.1) is 17.6 Å². The van der Waals surface area contributed by atoms with E-state index >= 15 is 0 Å². The monoisotopic (exact) mass is 427 g/mol. The molecule has 0 heterocycles. The van der Waals surface area contributed by atoms with Crippen molar-refractivity contribution in [2.24, 2.45) is 5.92 Å². The third-order valence-corrected chi connectivity index (χ3v) is 5.88. The Hall–Kier alpha value is -2.69. The van der Waals surface area contributed by atoms with Crippen LogP contribution in [0.1, 0.15) is 72.5 Å². The number of carbonyl (C=O) groups is 1. The molecule has 1 aliphatic rings. The molecule has 1 saturated carbocycles. The number of ether oxygens (including phenoxy) is 1. The maximum absolute atomic E-state index is 14.8. The summed E-state index contributed by atoms with van der Waals surface area (Å²) < 4.78 is 35.1. The van der Waals surface area contributed by atoms with Crippen molar-refractivity contribution in [3.05, 3.63) is 70.8 Å². The highest BCUT2D eigenvalue weighted by molar-refractivity contribution is 5.95. The molecule has 5 heteroatoms. The molecule has 1 aliphatic carbocycles. The van der Waals surface area contributed by atoms with Crippen LogP contribution < -0.4 is 10.1 Å². The van der Waals surface area contributed by atoms with Crippen molar-refractivity contribution in [2.75, 3.05) is 6.54 Å². The van der Waals surface area contributed by atoms with Gasteiger partial charge in [0.15, 0.2) is 11.6 Å². The lowest BCUT2D eigenvalue weighted by Gasteiger charge is -2.22. The normalized spacial score (nSPS) is 14.3. The van der Waals surface area contributed by atoms with Crippen LogP contribution in [-0.4, -0.2) is 12.5 Å². The van der Waals surface area contributed by atoms with Gasteiger partial charge in [0.2, 0.25) is 5.82 Å². The Morgan fingerprint density at radius 3 is 2.45 bits per heavy atom. The van der Waals surface area contributed by atoms with Gasteiger partial charge < -0.3 is 10.1 Å². The second-order valence-electron chi connectivity index (χ2n) is 8.24. The predicted molar refractivity (Wildman–Crippen MR) is 120 cm³/mol. The van der Waals surface area contributed by atoms with Crippen molar-refractivity contribution < 1.29 is 18.3 Å². The number of nitrogens with one attached hydrogen (secondary N) is 1. The first-order valence-electron chi connectivity index (χ1n) is 11.2. The van der Waals surface area contributed by atoms with Gasteiger partial charge in [-0.15, -0.1) is 0 Å². The minimum absolute atomic E-state index is 0.0941. The lowest BCUT2D eigenvalue weighted by atomic mass is 9.89. The largest absolute Gasteiger partial charge is 0.485 e. The van der Waals surface area contributed by atoms with Crippen LogP contribution in [0.25, 0.3) is 6.08 Å². The Bertz CT molecular complexity index is 903. The molecular formula is C26H31F2NO2. The predicted octanol–water partition coefficient (Wildman–Crippen LogP) is 6.45. The van der Waals surface area contributed by atoms with E-state index in [1.807, 2.05) is 24.3 Å². The van der Waals surface area contributed by atoms with Gasteiger partial charge in [-0.25, -0.2) is 4.39 Å². The molecule has 166 valence electrons. The molecule has 0 spiro atoms. The molecule has 0 atom stereocenters. The Balaban J connectivity index is 1.70. The van der Waals surface area contributed by atoms with Crippen LogP contribution in [-0.2, 0) is 13.0 Å². The van der Waals surface area contributed by atoms with E-state index in [0.29, 0.717) is 12.5 Å². The number of hydrogen-bond acceptors (Lipinski definition) is 2. The van der Waals surface area contributed by atoms with Crippen LogP contribution in [0.5, 0.6) is 5.75 Å². The van der Waals surface area contributed by atoms with E-state index in [9.17, 15) is 13.6 Å². The molecule has 2 aromatic carbocycles. The number of aryl methyl sites for hydroxylation is 1. The first kappa shape index (κ1) is 23.0. The summed E-state index contributed by atoms with van der Waals surface area (Å²) >= 11 is 0. The molecule has 2 aromatic rings. The lowest BCUT2D eigenvalue weighted by Crippen LogP contribution is -2.31. The standard InChI is InChI=1S/C26H31F2NO2/c1-3-8-18-11-13-20(14-12-18)17-31-25-21(4-2)15-22(23(27)24(25)28)26(30)29-16-19-9-6-5-7-10-19/h4,11-15,19H,2-3,5-10,16-17H2,1H3,(H,29,30). The number of hydrogen-bond donors (Lipinski definition) is 1. The third-order valence-electron chi connectivity index (χ3n) is 5.88. The zero-order valence-corrected chi connectivity index (χ0v) is 18.2. The summed E-state index contributed by atoms with van der Waals surface area (Å²) in [6.45, 7) is 6.36. The Morgan fingerprint density at radius 2 is 1.81 bits per heavy atom. The average molecular weight is 428 g/mol. The second-order valence-corrected chi connectivity index (χ2v) is 8.24. The van der Waals surface area contributed by atoms with E-state index < -0.39 is 17.5 Å². The quantitative estimate of drug-likeness (QED) is 0.499.